The SMILES string of the molecule is C=C1[C@H](CNC(=O)Cc2ccc(I)cc2C(F)(F)F)N=C(c2ccccc2)c2ccccc2N1CC(F)(F)F. The molecule has 1 heterocycles. The summed E-state index contributed by atoms with van der Waals surface area (Å²) < 4.78 is 81.7. The average Bonchev–Trinajstić information content (AvgIpc) is 2.98. The van der Waals surface area contributed by atoms with Gasteiger partial charge in [0.05, 0.1) is 23.4 Å². The van der Waals surface area contributed by atoms with Crippen LogP contribution in [0.4, 0.5) is 32.0 Å². The summed E-state index contributed by atoms with van der Waals surface area (Å²) in [6, 6.07) is 18.0. The van der Waals surface area contributed by atoms with E-state index in [2.05, 4.69) is 11.9 Å². The van der Waals surface area contributed by atoms with Gasteiger partial charge in [-0.1, -0.05) is 61.2 Å². The third-order valence-corrected chi connectivity index (χ3v) is 6.74. The van der Waals surface area contributed by atoms with E-state index in [-0.39, 0.29) is 23.5 Å². The third-order valence-electron chi connectivity index (χ3n) is 6.07. The normalized spacial score (nSPS) is 15.9. The topological polar surface area (TPSA) is 44.7 Å². The number of amides is 1. The fourth-order valence-corrected chi connectivity index (χ4v) is 4.80. The lowest BCUT2D eigenvalue weighted by molar-refractivity contribution is -0.138. The molecule has 3 aromatic rings. The highest BCUT2D eigenvalue weighted by atomic mass is 127. The van der Waals surface area contributed by atoms with Crippen LogP contribution in [-0.2, 0) is 17.4 Å². The maximum absolute atomic E-state index is 13.6. The van der Waals surface area contributed by atoms with Gasteiger partial charge in [0.15, 0.2) is 0 Å². The first-order valence-electron chi connectivity index (χ1n) is 11.7. The molecule has 0 bridgehead atoms. The molecule has 0 aliphatic carbocycles. The van der Waals surface area contributed by atoms with Crippen LogP contribution in [0.3, 0.4) is 0 Å². The number of carbonyl (C=O) groups excluding carboxylic acids is 1. The van der Waals surface area contributed by atoms with E-state index in [9.17, 15) is 31.1 Å². The second kappa shape index (κ2) is 11.4. The molecule has 1 aliphatic heterocycles. The fourth-order valence-electron chi connectivity index (χ4n) is 4.31. The van der Waals surface area contributed by atoms with Crippen LogP contribution in [0.1, 0.15) is 22.3 Å². The number of halogens is 7. The van der Waals surface area contributed by atoms with Crippen LogP contribution >= 0.6 is 22.6 Å². The lowest BCUT2D eigenvalue weighted by Crippen LogP contribution is -2.41. The smallest absolute Gasteiger partial charge is 0.353 e. The van der Waals surface area contributed by atoms with Gasteiger partial charge in [0.1, 0.15) is 12.6 Å². The molecule has 4 rings (SSSR count). The predicted octanol–water partition coefficient (Wildman–Crippen LogP) is 6.77. The number of hydrogen-bond donors (Lipinski definition) is 1. The molecular formula is C28H22F6IN3O. The highest BCUT2D eigenvalue weighted by Crippen LogP contribution is 2.35. The Morgan fingerprint density at radius 2 is 1.64 bits per heavy atom. The molecule has 1 atom stereocenters. The van der Waals surface area contributed by atoms with Gasteiger partial charge in [-0.3, -0.25) is 9.79 Å². The van der Waals surface area contributed by atoms with Crippen molar-refractivity contribution in [3.05, 3.63) is 111 Å². The summed E-state index contributed by atoms with van der Waals surface area (Å²) in [6.07, 6.45) is -9.78. The summed E-state index contributed by atoms with van der Waals surface area (Å²) in [5, 5.41) is 2.55. The molecule has 0 aromatic heterocycles. The Morgan fingerprint density at radius 1 is 0.974 bits per heavy atom. The van der Waals surface area contributed by atoms with Gasteiger partial charge in [-0.25, -0.2) is 0 Å². The van der Waals surface area contributed by atoms with Crippen molar-refractivity contribution < 1.29 is 31.1 Å². The largest absolute Gasteiger partial charge is 0.416 e. The second-order valence-electron chi connectivity index (χ2n) is 8.85. The van der Waals surface area contributed by atoms with Crippen LogP contribution in [0.2, 0.25) is 0 Å². The summed E-state index contributed by atoms with van der Waals surface area (Å²) in [7, 11) is 0. The second-order valence-corrected chi connectivity index (χ2v) is 10.1. The minimum atomic E-state index is -4.65. The Hall–Kier alpha value is -3.35. The molecule has 0 saturated heterocycles. The third kappa shape index (κ3) is 7.00. The van der Waals surface area contributed by atoms with Gasteiger partial charge in [-0.05, 0) is 46.4 Å². The van der Waals surface area contributed by atoms with Crippen LogP contribution in [0, 0.1) is 3.57 Å². The maximum Gasteiger partial charge on any atom is 0.416 e. The molecule has 0 saturated carbocycles. The molecule has 11 heteroatoms. The lowest BCUT2D eigenvalue weighted by atomic mass is 10.0. The Bertz CT molecular complexity index is 1400. The highest BCUT2D eigenvalue weighted by molar-refractivity contribution is 14.1. The van der Waals surface area contributed by atoms with Crippen LogP contribution in [0.5, 0.6) is 0 Å². The van der Waals surface area contributed by atoms with Crippen LogP contribution in [0.25, 0.3) is 0 Å². The summed E-state index contributed by atoms with van der Waals surface area (Å²) in [5.74, 6) is -0.727. The molecule has 1 aliphatic rings. The van der Waals surface area contributed by atoms with E-state index in [0.717, 1.165) is 11.0 Å². The molecule has 0 unspecified atom stereocenters. The number of carbonyl (C=O) groups is 1. The van der Waals surface area contributed by atoms with E-state index < -0.39 is 42.8 Å². The Morgan fingerprint density at radius 3 is 2.31 bits per heavy atom. The monoisotopic (exact) mass is 657 g/mol. The molecule has 1 N–H and O–H groups in total. The molecule has 0 fully saturated rings. The Kier molecular flexibility index (Phi) is 8.38. The van der Waals surface area contributed by atoms with E-state index >= 15 is 0 Å². The maximum atomic E-state index is 13.6. The number of benzodiazepines with no additional fused rings is 1. The Balaban J connectivity index is 1.66. The number of nitrogens with one attached hydrogen (secondary N) is 1. The number of anilines is 1. The first-order chi connectivity index (χ1) is 18.3. The van der Waals surface area contributed by atoms with Gasteiger partial charge in [0.2, 0.25) is 5.91 Å². The lowest BCUT2D eigenvalue weighted by Gasteiger charge is -2.30. The quantitative estimate of drug-likeness (QED) is 0.235. The molecule has 39 heavy (non-hydrogen) atoms. The number of alkyl halides is 6. The van der Waals surface area contributed by atoms with E-state index in [4.69, 9.17) is 4.99 Å². The number of nitrogens with zero attached hydrogens (tertiary/aromatic N) is 2. The number of hydrogen-bond acceptors (Lipinski definition) is 3. The fraction of sp³-hybridized carbons (Fsp3) is 0.214. The van der Waals surface area contributed by atoms with Crippen molar-refractivity contribution >= 4 is 39.9 Å². The zero-order chi connectivity index (χ0) is 28.4. The molecule has 1 amide bonds. The van der Waals surface area contributed by atoms with Gasteiger partial charge in [0.25, 0.3) is 0 Å². The van der Waals surface area contributed by atoms with Gasteiger partial charge < -0.3 is 10.2 Å². The molecule has 3 aromatic carbocycles. The van der Waals surface area contributed by atoms with Crippen LogP contribution in [0.15, 0.2) is 90.1 Å². The first kappa shape index (κ1) is 28.7. The number of para-hydroxylation sites is 1. The van der Waals surface area contributed by atoms with E-state index in [0.29, 0.717) is 20.4 Å². The summed E-state index contributed by atoms with van der Waals surface area (Å²) in [4.78, 5) is 18.5. The molecule has 0 spiro atoms. The summed E-state index contributed by atoms with van der Waals surface area (Å²) in [6.45, 7) is 2.29. The van der Waals surface area contributed by atoms with Gasteiger partial charge >= 0.3 is 12.4 Å². The van der Waals surface area contributed by atoms with E-state index in [1.807, 2.05) is 0 Å². The summed E-state index contributed by atoms with van der Waals surface area (Å²) >= 11 is 1.76. The Labute approximate surface area is 234 Å². The van der Waals surface area contributed by atoms with Crippen molar-refractivity contribution in [3.63, 3.8) is 0 Å². The standard InChI is InChI=1S/C28H22F6IN3O/c1-17-23(15-36-25(39)13-19-11-12-20(35)14-22(19)28(32,33)34)37-26(18-7-3-2-4-8-18)21-9-5-6-10-24(21)38(17)16-27(29,30)31/h2-12,14,23H,1,13,15-16H2,(H,36,39)/t23-/m0/s1. The average molecular weight is 657 g/mol. The first-order valence-corrected chi connectivity index (χ1v) is 12.8. The minimum absolute atomic E-state index is 0.00347. The van der Waals surface area contributed by atoms with Crippen molar-refractivity contribution in [2.45, 2.75) is 24.8 Å². The predicted molar refractivity (Wildman–Crippen MR) is 146 cm³/mol. The zero-order valence-electron chi connectivity index (χ0n) is 20.3. The van der Waals surface area contributed by atoms with E-state index in [1.165, 1.54) is 12.1 Å². The number of rotatable bonds is 6. The highest BCUT2D eigenvalue weighted by Gasteiger charge is 2.37. The van der Waals surface area contributed by atoms with Crippen molar-refractivity contribution in [2.75, 3.05) is 18.0 Å². The van der Waals surface area contributed by atoms with Gasteiger partial charge in [-0.15, -0.1) is 0 Å². The number of aliphatic imine (C=N–C) groups is 1. The molecular weight excluding hydrogens is 635 g/mol. The van der Waals surface area contributed by atoms with Crippen molar-refractivity contribution in [1.29, 1.82) is 0 Å². The van der Waals surface area contributed by atoms with Crippen molar-refractivity contribution in [2.24, 2.45) is 4.99 Å². The zero-order valence-corrected chi connectivity index (χ0v) is 22.4. The molecule has 0 radical (unpaired) electrons. The molecule has 4 nitrogen and oxygen atoms in total. The summed E-state index contributed by atoms with van der Waals surface area (Å²) in [5.41, 5.74) is 0.641. The van der Waals surface area contributed by atoms with E-state index in [1.54, 1.807) is 77.2 Å². The van der Waals surface area contributed by atoms with Gasteiger partial charge in [-0.2, -0.15) is 26.3 Å². The number of benzene rings is 3. The minimum Gasteiger partial charge on any atom is -0.353 e. The van der Waals surface area contributed by atoms with Crippen LogP contribution in [-0.4, -0.2) is 36.9 Å². The number of fused-ring (bicyclic) bond motifs is 1. The molecule has 204 valence electrons. The van der Waals surface area contributed by atoms with Gasteiger partial charge in [0, 0.05) is 26.9 Å². The van der Waals surface area contributed by atoms with Crippen molar-refractivity contribution in [1.82, 2.24) is 5.32 Å². The van der Waals surface area contributed by atoms with Crippen molar-refractivity contribution in [3.8, 4) is 0 Å². The van der Waals surface area contributed by atoms with Crippen LogP contribution < -0.4 is 10.2 Å².